The number of morpholine rings is 1. The molecule has 2 aromatic rings. The Labute approximate surface area is 182 Å². The van der Waals surface area contributed by atoms with Crippen LogP contribution in [0.2, 0.25) is 10.0 Å². The van der Waals surface area contributed by atoms with E-state index in [-0.39, 0.29) is 18.1 Å². The number of ether oxygens (including phenoxy) is 1. The first-order chi connectivity index (χ1) is 13.7. The molecule has 1 fully saturated rings. The molecule has 1 aliphatic rings. The van der Waals surface area contributed by atoms with Crippen LogP contribution in [0.5, 0.6) is 0 Å². The van der Waals surface area contributed by atoms with E-state index in [1.807, 2.05) is 19.9 Å². The fourth-order valence-corrected chi connectivity index (χ4v) is 4.13. The molecule has 0 spiro atoms. The number of carbonyl (C=O) groups excluding carboxylic acids is 1. The zero-order valence-corrected chi connectivity index (χ0v) is 18.8. The standard InChI is InChI=1S/C21H28Cl2N4O2/c1-13-11-26(12-14(2)29-13)8-7-24-21(28)10-18-15(3)25-27(16(18)4)17-5-6-19(22)20(23)9-17/h5-6,9,13-14H,7-8,10-12H2,1-4H3,(H,24,28)/t13-,14-/m0/s1. The lowest BCUT2D eigenvalue weighted by molar-refractivity contribution is -0.120. The smallest absolute Gasteiger partial charge is 0.224 e. The molecule has 158 valence electrons. The Kier molecular flexibility index (Phi) is 7.22. The third-order valence-corrected chi connectivity index (χ3v) is 5.91. The summed E-state index contributed by atoms with van der Waals surface area (Å²) in [6.45, 7) is 11.3. The van der Waals surface area contributed by atoms with Gasteiger partial charge >= 0.3 is 0 Å². The van der Waals surface area contributed by atoms with Crippen LogP contribution in [-0.4, -0.2) is 59.0 Å². The average Bonchev–Trinajstić information content (AvgIpc) is 2.91. The summed E-state index contributed by atoms with van der Waals surface area (Å²) in [5.74, 6) is -0.000699. The highest BCUT2D eigenvalue weighted by Crippen LogP contribution is 2.26. The van der Waals surface area contributed by atoms with Gasteiger partial charge in [0.05, 0.1) is 40.1 Å². The lowest BCUT2D eigenvalue weighted by Gasteiger charge is -2.35. The van der Waals surface area contributed by atoms with Gasteiger partial charge in [0.1, 0.15) is 0 Å². The quantitative estimate of drug-likeness (QED) is 0.748. The minimum atomic E-state index is -0.000699. The van der Waals surface area contributed by atoms with Crippen molar-refractivity contribution >= 4 is 29.1 Å². The second kappa shape index (κ2) is 9.47. The summed E-state index contributed by atoms with van der Waals surface area (Å²) < 4.78 is 7.55. The van der Waals surface area contributed by atoms with Gasteiger partial charge in [-0.1, -0.05) is 23.2 Å². The summed E-state index contributed by atoms with van der Waals surface area (Å²) in [6.07, 6.45) is 0.758. The topological polar surface area (TPSA) is 59.4 Å². The molecule has 0 radical (unpaired) electrons. The Morgan fingerprint density at radius 2 is 1.90 bits per heavy atom. The molecular formula is C21H28Cl2N4O2. The second-order valence-electron chi connectivity index (χ2n) is 7.70. The van der Waals surface area contributed by atoms with Crippen molar-refractivity contribution in [3.63, 3.8) is 0 Å². The predicted molar refractivity (Wildman–Crippen MR) is 116 cm³/mol. The highest BCUT2D eigenvalue weighted by Gasteiger charge is 2.22. The van der Waals surface area contributed by atoms with Gasteiger partial charge < -0.3 is 10.1 Å². The van der Waals surface area contributed by atoms with Gasteiger partial charge in [0, 0.05) is 37.4 Å². The number of hydrogen-bond donors (Lipinski definition) is 1. The summed E-state index contributed by atoms with van der Waals surface area (Å²) in [4.78, 5) is 14.8. The van der Waals surface area contributed by atoms with E-state index in [0.29, 0.717) is 23.0 Å². The van der Waals surface area contributed by atoms with Gasteiger partial charge in [-0.3, -0.25) is 9.69 Å². The molecule has 0 unspecified atom stereocenters. The lowest BCUT2D eigenvalue weighted by atomic mass is 10.1. The van der Waals surface area contributed by atoms with E-state index in [9.17, 15) is 4.79 Å². The minimum Gasteiger partial charge on any atom is -0.373 e. The predicted octanol–water partition coefficient (Wildman–Crippen LogP) is 3.56. The Balaban J connectivity index is 1.59. The molecule has 8 heteroatoms. The van der Waals surface area contributed by atoms with E-state index < -0.39 is 0 Å². The van der Waals surface area contributed by atoms with E-state index in [0.717, 1.165) is 42.3 Å². The van der Waals surface area contributed by atoms with Gasteiger partial charge in [-0.15, -0.1) is 0 Å². The van der Waals surface area contributed by atoms with Crippen molar-refractivity contribution < 1.29 is 9.53 Å². The van der Waals surface area contributed by atoms with Gasteiger partial charge in [-0.25, -0.2) is 4.68 Å². The Morgan fingerprint density at radius 1 is 1.21 bits per heavy atom. The molecule has 0 saturated carbocycles. The van der Waals surface area contributed by atoms with Crippen molar-refractivity contribution in [2.75, 3.05) is 26.2 Å². The number of benzene rings is 1. The summed E-state index contributed by atoms with van der Waals surface area (Å²) in [7, 11) is 0. The van der Waals surface area contributed by atoms with E-state index in [1.165, 1.54) is 0 Å². The SMILES string of the molecule is Cc1nn(-c2ccc(Cl)c(Cl)c2)c(C)c1CC(=O)NCCN1C[C@H](C)O[C@@H](C)C1. The van der Waals surface area contributed by atoms with Crippen LogP contribution in [0, 0.1) is 13.8 Å². The lowest BCUT2D eigenvalue weighted by Crippen LogP contribution is -2.48. The molecule has 0 aliphatic carbocycles. The maximum absolute atomic E-state index is 12.5. The number of amides is 1. The first-order valence-electron chi connectivity index (χ1n) is 9.89. The first-order valence-corrected chi connectivity index (χ1v) is 10.6. The summed E-state index contributed by atoms with van der Waals surface area (Å²) >= 11 is 12.1. The van der Waals surface area contributed by atoms with Crippen molar-refractivity contribution in [2.24, 2.45) is 0 Å². The first kappa shape index (κ1) is 22.1. The van der Waals surface area contributed by atoms with Crippen LogP contribution in [0.4, 0.5) is 0 Å². The van der Waals surface area contributed by atoms with Crippen LogP contribution in [0.1, 0.15) is 30.8 Å². The summed E-state index contributed by atoms with van der Waals surface area (Å²) in [6, 6.07) is 5.38. The average molecular weight is 439 g/mol. The summed E-state index contributed by atoms with van der Waals surface area (Å²) in [5, 5.41) is 8.59. The molecule has 1 aromatic heterocycles. The Morgan fingerprint density at radius 3 is 2.55 bits per heavy atom. The van der Waals surface area contributed by atoms with Gasteiger partial charge in [-0.2, -0.15) is 5.10 Å². The van der Waals surface area contributed by atoms with E-state index in [1.54, 1.807) is 16.8 Å². The summed E-state index contributed by atoms with van der Waals surface area (Å²) in [5.41, 5.74) is 3.51. The fourth-order valence-electron chi connectivity index (χ4n) is 3.84. The molecule has 3 rings (SSSR count). The third kappa shape index (κ3) is 5.51. The van der Waals surface area contributed by atoms with Gasteiger partial charge in [-0.05, 0) is 45.9 Å². The molecule has 2 heterocycles. The van der Waals surface area contributed by atoms with Crippen LogP contribution in [0.25, 0.3) is 5.69 Å². The van der Waals surface area contributed by atoms with Crippen LogP contribution in [0.3, 0.4) is 0 Å². The van der Waals surface area contributed by atoms with Gasteiger partial charge in [0.25, 0.3) is 0 Å². The molecule has 1 amide bonds. The molecule has 1 aromatic carbocycles. The highest BCUT2D eigenvalue weighted by atomic mass is 35.5. The van der Waals surface area contributed by atoms with Crippen molar-refractivity contribution in [1.82, 2.24) is 20.0 Å². The molecule has 1 aliphatic heterocycles. The number of aryl methyl sites for hydroxylation is 1. The number of rotatable bonds is 6. The number of carbonyl (C=O) groups is 1. The normalized spacial score (nSPS) is 20.1. The molecule has 1 saturated heterocycles. The largest absolute Gasteiger partial charge is 0.373 e. The zero-order chi connectivity index (χ0) is 21.1. The zero-order valence-electron chi connectivity index (χ0n) is 17.3. The second-order valence-corrected chi connectivity index (χ2v) is 8.52. The number of hydrogen-bond acceptors (Lipinski definition) is 4. The van der Waals surface area contributed by atoms with Crippen LogP contribution in [-0.2, 0) is 16.0 Å². The van der Waals surface area contributed by atoms with Crippen molar-refractivity contribution in [3.05, 3.63) is 45.2 Å². The Bertz CT molecular complexity index is 874. The molecule has 1 N–H and O–H groups in total. The van der Waals surface area contributed by atoms with E-state index >= 15 is 0 Å². The number of nitrogens with zero attached hydrogens (tertiary/aromatic N) is 3. The molecule has 0 bridgehead atoms. The van der Waals surface area contributed by atoms with Crippen LogP contribution < -0.4 is 5.32 Å². The maximum atomic E-state index is 12.5. The van der Waals surface area contributed by atoms with E-state index in [4.69, 9.17) is 27.9 Å². The molecule has 6 nitrogen and oxygen atoms in total. The minimum absolute atomic E-state index is 0.000699. The highest BCUT2D eigenvalue weighted by molar-refractivity contribution is 6.42. The Hall–Kier alpha value is -1.60. The van der Waals surface area contributed by atoms with Crippen LogP contribution in [0.15, 0.2) is 18.2 Å². The number of halogens is 2. The van der Waals surface area contributed by atoms with E-state index in [2.05, 4.69) is 29.2 Å². The number of aromatic nitrogens is 2. The molecule has 2 atom stereocenters. The maximum Gasteiger partial charge on any atom is 0.224 e. The van der Waals surface area contributed by atoms with Crippen molar-refractivity contribution in [2.45, 2.75) is 46.3 Å². The molecular weight excluding hydrogens is 411 g/mol. The molecule has 29 heavy (non-hydrogen) atoms. The van der Waals surface area contributed by atoms with Gasteiger partial charge in [0.15, 0.2) is 0 Å². The van der Waals surface area contributed by atoms with Gasteiger partial charge in [0.2, 0.25) is 5.91 Å². The number of nitrogens with one attached hydrogen (secondary N) is 1. The van der Waals surface area contributed by atoms with Crippen LogP contribution >= 0.6 is 23.2 Å². The fraction of sp³-hybridized carbons (Fsp3) is 0.524. The van der Waals surface area contributed by atoms with Crippen molar-refractivity contribution in [1.29, 1.82) is 0 Å². The third-order valence-electron chi connectivity index (χ3n) is 5.17. The van der Waals surface area contributed by atoms with Crippen molar-refractivity contribution in [3.8, 4) is 5.69 Å². The monoisotopic (exact) mass is 438 g/mol.